The monoisotopic (exact) mass is 277 g/mol. The lowest BCUT2D eigenvalue weighted by Crippen LogP contribution is -2.34. The van der Waals surface area contributed by atoms with E-state index in [1.807, 2.05) is 0 Å². The Hall–Kier alpha value is -1.91. The summed E-state index contributed by atoms with van der Waals surface area (Å²) in [6, 6.07) is 6.31. The van der Waals surface area contributed by atoms with Gasteiger partial charge in [-0.25, -0.2) is 4.39 Å². The molecule has 0 bridgehead atoms. The summed E-state index contributed by atoms with van der Waals surface area (Å²) in [6.45, 7) is 0.437. The Morgan fingerprint density at radius 1 is 1.20 bits per heavy atom. The lowest BCUT2D eigenvalue weighted by molar-refractivity contribution is -0.142. The second kappa shape index (κ2) is 4.89. The lowest BCUT2D eigenvalue weighted by Gasteiger charge is -2.22. The van der Waals surface area contributed by atoms with Crippen LogP contribution < -0.4 is 0 Å². The van der Waals surface area contributed by atoms with E-state index in [2.05, 4.69) is 0 Å². The number of nitrogens with zero attached hydrogens (tertiary/aromatic N) is 1. The normalized spacial score (nSPS) is 24.2. The van der Waals surface area contributed by atoms with Crippen molar-refractivity contribution in [2.45, 2.75) is 31.8 Å². The zero-order chi connectivity index (χ0) is 14.3. The van der Waals surface area contributed by atoms with Crippen LogP contribution in [-0.2, 0) is 16.1 Å². The molecule has 0 spiro atoms. The van der Waals surface area contributed by atoms with Gasteiger partial charge in [-0.05, 0) is 37.0 Å². The number of carbonyl (C=O) groups is 2. The summed E-state index contributed by atoms with van der Waals surface area (Å²) >= 11 is 0. The third-order valence-corrected chi connectivity index (χ3v) is 3.96. The molecule has 1 amide bonds. The van der Waals surface area contributed by atoms with Gasteiger partial charge in [-0.15, -0.1) is 0 Å². The van der Waals surface area contributed by atoms with Crippen molar-refractivity contribution in [3.63, 3.8) is 0 Å². The predicted octanol–water partition coefficient (Wildman–Crippen LogP) is 2.04. The van der Waals surface area contributed by atoms with Gasteiger partial charge >= 0.3 is 5.97 Å². The number of hydrogen-bond acceptors (Lipinski definition) is 2. The summed E-state index contributed by atoms with van der Waals surface area (Å²) in [4.78, 5) is 25.0. The molecule has 2 fully saturated rings. The van der Waals surface area contributed by atoms with Gasteiger partial charge in [0.1, 0.15) is 5.82 Å². The molecule has 2 atom stereocenters. The SMILES string of the molecule is O=C(O)[C@@H]1C[C@@H]1C(=O)N(Cc1ccc(F)cc1)C1CC1. The smallest absolute Gasteiger partial charge is 0.307 e. The van der Waals surface area contributed by atoms with E-state index in [9.17, 15) is 14.0 Å². The van der Waals surface area contributed by atoms with Crippen molar-refractivity contribution < 1.29 is 19.1 Å². The Kier molecular flexibility index (Phi) is 3.20. The number of amides is 1. The number of carboxylic acids is 1. The van der Waals surface area contributed by atoms with Gasteiger partial charge < -0.3 is 10.0 Å². The van der Waals surface area contributed by atoms with Crippen LogP contribution in [0.5, 0.6) is 0 Å². The highest BCUT2D eigenvalue weighted by Gasteiger charge is 2.51. The molecule has 5 heteroatoms. The number of aliphatic carboxylic acids is 1. The molecule has 1 aromatic carbocycles. The molecule has 2 aliphatic rings. The Balaban J connectivity index is 1.68. The van der Waals surface area contributed by atoms with Crippen LogP contribution in [0, 0.1) is 17.7 Å². The van der Waals surface area contributed by atoms with Gasteiger partial charge in [0.05, 0.1) is 11.8 Å². The van der Waals surface area contributed by atoms with Gasteiger partial charge in [-0.3, -0.25) is 9.59 Å². The van der Waals surface area contributed by atoms with E-state index in [4.69, 9.17) is 5.11 Å². The van der Waals surface area contributed by atoms with Crippen molar-refractivity contribution in [3.05, 3.63) is 35.6 Å². The molecule has 0 radical (unpaired) electrons. The number of carboxylic acid groups (broad SMARTS) is 1. The van der Waals surface area contributed by atoms with Crippen LogP contribution in [0.2, 0.25) is 0 Å². The number of carbonyl (C=O) groups excluding carboxylic acids is 1. The largest absolute Gasteiger partial charge is 0.481 e. The average Bonchev–Trinajstić information content (AvgIpc) is 3.28. The van der Waals surface area contributed by atoms with E-state index in [1.165, 1.54) is 12.1 Å². The topological polar surface area (TPSA) is 57.6 Å². The molecular formula is C15H16FNO3. The van der Waals surface area contributed by atoms with E-state index >= 15 is 0 Å². The highest BCUT2D eigenvalue weighted by Crippen LogP contribution is 2.42. The second-order valence-corrected chi connectivity index (χ2v) is 5.61. The summed E-state index contributed by atoms with van der Waals surface area (Å²) in [5, 5.41) is 8.92. The van der Waals surface area contributed by atoms with Crippen molar-refractivity contribution in [1.29, 1.82) is 0 Å². The lowest BCUT2D eigenvalue weighted by atomic mass is 10.2. The molecule has 1 N–H and O–H groups in total. The minimum atomic E-state index is -0.888. The molecule has 2 aliphatic carbocycles. The summed E-state index contributed by atoms with van der Waals surface area (Å²) in [5.74, 6) is -2.14. The molecule has 0 heterocycles. The van der Waals surface area contributed by atoms with Gasteiger partial charge in [-0.2, -0.15) is 0 Å². The van der Waals surface area contributed by atoms with E-state index in [-0.39, 0.29) is 23.7 Å². The first kappa shape index (κ1) is 13.1. The number of benzene rings is 1. The Morgan fingerprint density at radius 2 is 1.85 bits per heavy atom. The van der Waals surface area contributed by atoms with E-state index in [0.717, 1.165) is 18.4 Å². The van der Waals surface area contributed by atoms with E-state index in [1.54, 1.807) is 17.0 Å². The Labute approximate surface area is 116 Å². The summed E-state index contributed by atoms with van der Waals surface area (Å²) in [5.41, 5.74) is 0.874. The molecule has 0 unspecified atom stereocenters. The predicted molar refractivity (Wildman–Crippen MR) is 69.2 cm³/mol. The minimum Gasteiger partial charge on any atom is -0.481 e. The van der Waals surface area contributed by atoms with Crippen LogP contribution in [0.3, 0.4) is 0 Å². The number of hydrogen-bond donors (Lipinski definition) is 1. The first-order valence-electron chi connectivity index (χ1n) is 6.84. The fourth-order valence-corrected chi connectivity index (χ4v) is 2.51. The molecule has 20 heavy (non-hydrogen) atoms. The van der Waals surface area contributed by atoms with Crippen LogP contribution in [0.1, 0.15) is 24.8 Å². The van der Waals surface area contributed by atoms with Crippen LogP contribution in [0.25, 0.3) is 0 Å². The van der Waals surface area contributed by atoms with Crippen molar-refractivity contribution in [2.75, 3.05) is 0 Å². The van der Waals surface area contributed by atoms with Crippen molar-refractivity contribution in [3.8, 4) is 0 Å². The molecule has 0 aromatic heterocycles. The maximum absolute atomic E-state index is 12.9. The quantitative estimate of drug-likeness (QED) is 0.896. The van der Waals surface area contributed by atoms with E-state index in [0.29, 0.717) is 13.0 Å². The van der Waals surface area contributed by atoms with Gasteiger partial charge in [0.2, 0.25) is 5.91 Å². The van der Waals surface area contributed by atoms with Crippen LogP contribution in [0.4, 0.5) is 4.39 Å². The maximum Gasteiger partial charge on any atom is 0.307 e. The summed E-state index contributed by atoms with van der Waals surface area (Å²) in [6.07, 6.45) is 2.38. The Morgan fingerprint density at radius 3 is 2.35 bits per heavy atom. The maximum atomic E-state index is 12.9. The van der Waals surface area contributed by atoms with Gasteiger partial charge in [0.15, 0.2) is 0 Å². The molecule has 2 saturated carbocycles. The third-order valence-electron chi connectivity index (χ3n) is 3.96. The van der Waals surface area contributed by atoms with Gasteiger partial charge in [0, 0.05) is 12.6 Å². The second-order valence-electron chi connectivity index (χ2n) is 5.61. The minimum absolute atomic E-state index is 0.0655. The van der Waals surface area contributed by atoms with Crippen molar-refractivity contribution >= 4 is 11.9 Å². The van der Waals surface area contributed by atoms with Crippen LogP contribution in [0.15, 0.2) is 24.3 Å². The summed E-state index contributed by atoms with van der Waals surface area (Å²) < 4.78 is 12.9. The molecule has 4 nitrogen and oxygen atoms in total. The molecular weight excluding hydrogens is 261 g/mol. The molecule has 1 aromatic rings. The van der Waals surface area contributed by atoms with Crippen molar-refractivity contribution in [1.82, 2.24) is 4.90 Å². The standard InChI is InChI=1S/C15H16FNO3/c16-10-3-1-9(2-4-10)8-17(11-5-6-11)14(18)12-7-13(12)15(19)20/h1-4,11-13H,5-8H2,(H,19,20)/t12-,13+/m0/s1. The summed E-state index contributed by atoms with van der Waals surface area (Å²) in [7, 11) is 0. The number of halogens is 1. The highest BCUT2D eigenvalue weighted by molar-refractivity contribution is 5.89. The first-order valence-corrected chi connectivity index (χ1v) is 6.84. The van der Waals surface area contributed by atoms with Gasteiger partial charge in [0.25, 0.3) is 0 Å². The van der Waals surface area contributed by atoms with E-state index < -0.39 is 11.9 Å². The highest BCUT2D eigenvalue weighted by atomic mass is 19.1. The van der Waals surface area contributed by atoms with Crippen LogP contribution >= 0.6 is 0 Å². The molecule has 3 rings (SSSR count). The molecule has 106 valence electrons. The third kappa shape index (κ3) is 2.66. The van der Waals surface area contributed by atoms with Crippen molar-refractivity contribution in [2.24, 2.45) is 11.8 Å². The zero-order valence-corrected chi connectivity index (χ0v) is 11.0. The molecule has 0 aliphatic heterocycles. The first-order chi connectivity index (χ1) is 9.56. The average molecular weight is 277 g/mol. The fourth-order valence-electron chi connectivity index (χ4n) is 2.51. The fraction of sp³-hybridized carbons (Fsp3) is 0.467. The molecule has 0 saturated heterocycles. The Bertz CT molecular complexity index is 539. The zero-order valence-electron chi connectivity index (χ0n) is 11.0. The van der Waals surface area contributed by atoms with Crippen LogP contribution in [-0.4, -0.2) is 27.9 Å². The van der Waals surface area contributed by atoms with Gasteiger partial charge in [-0.1, -0.05) is 12.1 Å². The number of rotatable bonds is 5.